The number of hydrogen-bond donors (Lipinski definition) is 2. The monoisotopic (exact) mass is 583 g/mol. The molecule has 3 aliphatic rings. The van der Waals surface area contributed by atoms with Crippen LogP contribution in [0.25, 0.3) is 22.0 Å². The highest BCUT2D eigenvalue weighted by Gasteiger charge is 2.49. The summed E-state index contributed by atoms with van der Waals surface area (Å²) < 4.78 is 17.3. The lowest BCUT2D eigenvalue weighted by atomic mass is 9.73. The third kappa shape index (κ3) is 4.93. The topological polar surface area (TPSA) is 93.5 Å². The van der Waals surface area contributed by atoms with Gasteiger partial charge in [0.1, 0.15) is 5.82 Å². The van der Waals surface area contributed by atoms with Crippen molar-refractivity contribution in [1.82, 2.24) is 29.8 Å². The van der Waals surface area contributed by atoms with Crippen molar-refractivity contribution in [2.24, 2.45) is 0 Å². The molecule has 220 valence electrons. The fourth-order valence-electron chi connectivity index (χ4n) is 7.16. The van der Waals surface area contributed by atoms with Crippen LogP contribution in [-0.2, 0) is 4.79 Å². The van der Waals surface area contributed by atoms with Crippen LogP contribution in [0.4, 0.5) is 10.2 Å². The van der Waals surface area contributed by atoms with Crippen molar-refractivity contribution in [1.29, 1.82) is 0 Å². The summed E-state index contributed by atoms with van der Waals surface area (Å²) in [4.78, 5) is 18.8. The van der Waals surface area contributed by atoms with E-state index in [-0.39, 0.29) is 22.5 Å². The molecular weight excluding hydrogens is 545 g/mol. The van der Waals surface area contributed by atoms with Gasteiger partial charge in [0.15, 0.2) is 5.82 Å². The van der Waals surface area contributed by atoms with E-state index in [1.165, 1.54) is 12.1 Å². The molecule has 3 aromatic rings. The number of hydrogen-bond acceptors (Lipinski definition) is 6. The molecule has 1 amide bonds. The number of aromatic nitrogens is 4. The van der Waals surface area contributed by atoms with Crippen LogP contribution >= 0.6 is 11.6 Å². The van der Waals surface area contributed by atoms with Crippen LogP contribution in [0.1, 0.15) is 57.7 Å². The largest absolute Gasteiger partial charge is 0.389 e. The number of H-pyrrole nitrogens is 1. The van der Waals surface area contributed by atoms with Crippen LogP contribution in [0.15, 0.2) is 24.9 Å². The Morgan fingerprint density at radius 2 is 2.00 bits per heavy atom. The highest BCUT2D eigenvalue weighted by atomic mass is 35.5. The van der Waals surface area contributed by atoms with Gasteiger partial charge in [-0.05, 0) is 59.0 Å². The fraction of sp³-hybridized carbons (Fsp3) is 0.567. The van der Waals surface area contributed by atoms with Crippen molar-refractivity contribution in [2.75, 3.05) is 44.2 Å². The second kappa shape index (κ2) is 10.4. The van der Waals surface area contributed by atoms with Crippen molar-refractivity contribution in [3.05, 3.63) is 41.5 Å². The van der Waals surface area contributed by atoms with Crippen LogP contribution in [0, 0.1) is 12.7 Å². The zero-order valence-electron chi connectivity index (χ0n) is 24.1. The number of nitrogens with zero attached hydrogens (tertiary/aromatic N) is 6. The number of fused-ring (bicyclic) bond motifs is 1. The van der Waals surface area contributed by atoms with Crippen molar-refractivity contribution in [2.45, 2.75) is 70.1 Å². The minimum atomic E-state index is -0.778. The van der Waals surface area contributed by atoms with Gasteiger partial charge in [-0.25, -0.2) is 4.39 Å². The molecular formula is C30H39ClFN7O2. The Labute approximate surface area is 244 Å². The average molecular weight is 584 g/mol. The Morgan fingerprint density at radius 3 is 2.63 bits per heavy atom. The summed E-state index contributed by atoms with van der Waals surface area (Å²) in [6.07, 6.45) is 7.79. The number of nitrogens with one attached hydrogen (secondary N) is 1. The van der Waals surface area contributed by atoms with E-state index in [1.807, 2.05) is 25.7 Å². The van der Waals surface area contributed by atoms with Gasteiger partial charge in [-0.2, -0.15) is 10.2 Å². The standard InChI is InChI=1S/C30H39ClFN7O2/c1-5-24(40)37-11-7-20(8-12-37)39-19(2)25(26-21-16-33-34-23(21)15-22(32)27(26)31)28(35-39)38-14-13-36(17-29(3,4)41)18-30(38)9-6-10-30/h5,15-16,20,41H,1,6-14,17-18H2,2-4H3,(H,33,34). The number of piperidine rings is 1. The van der Waals surface area contributed by atoms with E-state index < -0.39 is 11.4 Å². The molecule has 1 aromatic carbocycles. The summed E-state index contributed by atoms with van der Waals surface area (Å²) in [5.74, 6) is 0.276. The first kappa shape index (κ1) is 28.2. The Balaban J connectivity index is 1.46. The molecule has 1 spiro atoms. The SMILES string of the molecule is C=CC(=O)N1CCC(n2nc(N3CCN(CC(C)(C)O)CC34CCC4)c(-c3c(Cl)c(F)cc4[nH]ncc34)c2C)CC1. The third-order valence-electron chi connectivity index (χ3n) is 9.20. The van der Waals surface area contributed by atoms with Gasteiger partial charge in [0.25, 0.3) is 0 Å². The number of carbonyl (C=O) groups is 1. The maximum atomic E-state index is 15.2. The molecule has 41 heavy (non-hydrogen) atoms. The highest BCUT2D eigenvalue weighted by Crippen LogP contribution is 2.49. The molecule has 1 aliphatic carbocycles. The van der Waals surface area contributed by atoms with E-state index in [4.69, 9.17) is 16.7 Å². The molecule has 0 bridgehead atoms. The molecule has 0 radical (unpaired) electrons. The van der Waals surface area contributed by atoms with Gasteiger partial charge in [-0.3, -0.25) is 19.5 Å². The molecule has 2 N–H and O–H groups in total. The summed E-state index contributed by atoms with van der Waals surface area (Å²) in [5.41, 5.74) is 2.08. The average Bonchev–Trinajstić information content (AvgIpc) is 3.51. The predicted molar refractivity (Wildman–Crippen MR) is 159 cm³/mol. The minimum Gasteiger partial charge on any atom is -0.389 e. The maximum absolute atomic E-state index is 15.2. The van der Waals surface area contributed by atoms with Gasteiger partial charge < -0.3 is 14.9 Å². The van der Waals surface area contributed by atoms with Crippen molar-refractivity contribution >= 4 is 34.2 Å². The van der Waals surface area contributed by atoms with Gasteiger partial charge in [-0.15, -0.1) is 0 Å². The number of rotatable bonds is 6. The van der Waals surface area contributed by atoms with E-state index >= 15 is 4.39 Å². The molecule has 2 aromatic heterocycles. The third-order valence-corrected chi connectivity index (χ3v) is 9.57. The van der Waals surface area contributed by atoms with Crippen LogP contribution in [0.5, 0.6) is 0 Å². The van der Waals surface area contributed by atoms with E-state index in [0.717, 1.165) is 74.2 Å². The lowest BCUT2D eigenvalue weighted by Gasteiger charge is -2.57. The van der Waals surface area contributed by atoms with E-state index in [1.54, 1.807) is 6.20 Å². The van der Waals surface area contributed by atoms with Crippen LogP contribution in [0.2, 0.25) is 5.02 Å². The van der Waals surface area contributed by atoms with Crippen LogP contribution < -0.4 is 4.90 Å². The first-order valence-electron chi connectivity index (χ1n) is 14.6. The summed E-state index contributed by atoms with van der Waals surface area (Å²) in [5, 5.41) is 23.8. The van der Waals surface area contributed by atoms with E-state index in [0.29, 0.717) is 30.7 Å². The van der Waals surface area contributed by atoms with E-state index in [9.17, 15) is 9.90 Å². The Kier molecular flexibility index (Phi) is 7.15. The van der Waals surface area contributed by atoms with Crippen molar-refractivity contribution in [3.8, 4) is 11.1 Å². The quantitative estimate of drug-likeness (QED) is 0.409. The van der Waals surface area contributed by atoms with Gasteiger partial charge in [0, 0.05) is 67.5 Å². The molecule has 4 heterocycles. The molecule has 6 rings (SSSR count). The predicted octanol–water partition coefficient (Wildman–Crippen LogP) is 4.69. The number of piperazine rings is 1. The number of β-amino-alcohol motifs (C(OH)–C–C–N with tert-alkyl or cyclic N) is 1. The lowest BCUT2D eigenvalue weighted by Crippen LogP contribution is -2.67. The molecule has 2 aliphatic heterocycles. The van der Waals surface area contributed by atoms with Gasteiger partial charge >= 0.3 is 0 Å². The van der Waals surface area contributed by atoms with Crippen LogP contribution in [-0.4, -0.2) is 91.2 Å². The summed E-state index contributed by atoms with van der Waals surface area (Å²) >= 11 is 6.76. The number of aromatic amines is 1. The minimum absolute atomic E-state index is 0.0493. The zero-order valence-corrected chi connectivity index (χ0v) is 24.8. The second-order valence-corrected chi connectivity index (χ2v) is 13.0. The first-order chi connectivity index (χ1) is 19.5. The zero-order chi connectivity index (χ0) is 29.1. The van der Waals surface area contributed by atoms with Gasteiger partial charge in [0.2, 0.25) is 5.91 Å². The molecule has 9 nitrogen and oxygen atoms in total. The summed E-state index contributed by atoms with van der Waals surface area (Å²) in [7, 11) is 0. The highest BCUT2D eigenvalue weighted by molar-refractivity contribution is 6.35. The normalized spacial score (nSPS) is 20.1. The Morgan fingerprint density at radius 1 is 1.27 bits per heavy atom. The fourth-order valence-corrected chi connectivity index (χ4v) is 7.41. The second-order valence-electron chi connectivity index (χ2n) is 12.6. The Bertz CT molecular complexity index is 1480. The molecule has 11 heteroatoms. The number of carbonyl (C=O) groups excluding carboxylic acids is 1. The van der Waals surface area contributed by atoms with Crippen molar-refractivity contribution < 1.29 is 14.3 Å². The van der Waals surface area contributed by atoms with E-state index in [2.05, 4.69) is 31.3 Å². The Hall–Kier alpha value is -2.95. The van der Waals surface area contributed by atoms with Gasteiger partial charge in [-0.1, -0.05) is 18.2 Å². The van der Waals surface area contributed by atoms with Crippen molar-refractivity contribution in [3.63, 3.8) is 0 Å². The molecule has 2 saturated heterocycles. The number of amides is 1. The molecule has 3 fully saturated rings. The summed E-state index contributed by atoms with van der Waals surface area (Å²) in [6.45, 7) is 13.6. The molecule has 0 atom stereocenters. The first-order valence-corrected chi connectivity index (χ1v) is 14.9. The number of likely N-dealkylation sites (tertiary alicyclic amines) is 1. The lowest BCUT2D eigenvalue weighted by molar-refractivity contribution is -0.127. The van der Waals surface area contributed by atoms with Gasteiger partial charge in [0.05, 0.1) is 33.9 Å². The molecule has 1 saturated carbocycles. The number of benzene rings is 1. The number of anilines is 1. The number of halogens is 2. The van der Waals surface area contributed by atoms with Crippen LogP contribution in [0.3, 0.4) is 0 Å². The summed E-state index contributed by atoms with van der Waals surface area (Å²) in [6, 6.07) is 1.49. The smallest absolute Gasteiger partial charge is 0.245 e. The molecule has 0 unspecified atom stereocenters. The maximum Gasteiger partial charge on any atom is 0.245 e. The number of aliphatic hydroxyl groups is 1.